The Morgan fingerprint density at radius 2 is 2.44 bits per heavy atom. The van der Waals surface area contributed by atoms with Crippen LogP contribution < -0.4 is 5.73 Å². The molecule has 0 bridgehead atoms. The number of aromatic nitrogens is 4. The molecule has 0 fully saturated rings. The molecule has 0 saturated heterocycles. The Balaban J connectivity index is 2.28. The van der Waals surface area contributed by atoms with Crippen molar-refractivity contribution in [3.63, 3.8) is 0 Å². The number of carbonyl (C=O) groups is 1. The first-order chi connectivity index (χ1) is 7.70. The van der Waals surface area contributed by atoms with Crippen molar-refractivity contribution in [2.45, 2.75) is 5.03 Å². The van der Waals surface area contributed by atoms with Crippen LogP contribution in [0.3, 0.4) is 0 Å². The molecule has 0 amide bonds. The number of methoxy groups -OCH3 is 1. The Kier molecular flexibility index (Phi) is 2.91. The number of ether oxygens (including phenoxy) is 1. The number of fused-ring (bicyclic) bond motifs is 1. The van der Waals surface area contributed by atoms with Crippen LogP contribution in [-0.4, -0.2) is 39.0 Å². The highest BCUT2D eigenvalue weighted by Crippen LogP contribution is 2.24. The molecular weight excluding hydrogens is 230 g/mol. The summed E-state index contributed by atoms with van der Waals surface area (Å²) in [6, 6.07) is 0. The molecule has 0 atom stereocenters. The second-order valence-corrected chi connectivity index (χ2v) is 3.85. The van der Waals surface area contributed by atoms with E-state index in [1.165, 1.54) is 18.9 Å². The van der Waals surface area contributed by atoms with Gasteiger partial charge in [-0.1, -0.05) is 11.8 Å². The fourth-order valence-electron chi connectivity index (χ4n) is 1.12. The summed E-state index contributed by atoms with van der Waals surface area (Å²) in [7, 11) is 1.34. The molecule has 0 unspecified atom stereocenters. The highest BCUT2D eigenvalue weighted by Gasteiger charge is 2.10. The van der Waals surface area contributed by atoms with Gasteiger partial charge < -0.3 is 10.5 Å². The Hall–Kier alpha value is -1.83. The summed E-state index contributed by atoms with van der Waals surface area (Å²) in [6.45, 7) is 0. The average molecular weight is 239 g/mol. The van der Waals surface area contributed by atoms with Gasteiger partial charge in [0.05, 0.1) is 24.4 Å². The number of anilines is 1. The fourth-order valence-corrected chi connectivity index (χ4v) is 1.96. The summed E-state index contributed by atoms with van der Waals surface area (Å²) < 4.78 is 4.54. The third-order valence-electron chi connectivity index (χ3n) is 1.85. The number of nitrogens with two attached hydrogens (primary N) is 1. The summed E-state index contributed by atoms with van der Waals surface area (Å²) in [4.78, 5) is 19.0. The number of hydrogen-bond acceptors (Lipinski definition) is 7. The van der Waals surface area contributed by atoms with E-state index in [4.69, 9.17) is 5.73 Å². The zero-order valence-corrected chi connectivity index (χ0v) is 9.24. The molecule has 0 aliphatic rings. The highest BCUT2D eigenvalue weighted by atomic mass is 32.2. The van der Waals surface area contributed by atoms with E-state index in [1.807, 2.05) is 0 Å². The van der Waals surface area contributed by atoms with E-state index in [0.717, 1.165) is 5.39 Å². The monoisotopic (exact) mass is 239 g/mol. The van der Waals surface area contributed by atoms with Crippen molar-refractivity contribution in [2.24, 2.45) is 0 Å². The molecule has 7 nitrogen and oxygen atoms in total. The second-order valence-electron chi connectivity index (χ2n) is 2.88. The third-order valence-corrected chi connectivity index (χ3v) is 2.81. The Bertz CT molecular complexity index is 526. The van der Waals surface area contributed by atoms with Crippen molar-refractivity contribution in [3.05, 3.63) is 6.20 Å². The predicted molar refractivity (Wildman–Crippen MR) is 58.8 cm³/mol. The molecule has 84 valence electrons. The topological polar surface area (TPSA) is 107 Å². The number of nitrogens with one attached hydrogen (secondary N) is 1. The van der Waals surface area contributed by atoms with Gasteiger partial charge in [-0.05, 0) is 0 Å². The van der Waals surface area contributed by atoms with E-state index in [-0.39, 0.29) is 17.7 Å². The molecule has 0 aromatic carbocycles. The number of esters is 1. The SMILES string of the molecule is COC(=O)CSc1nc(N)nc2[nH]ncc12. The first-order valence-electron chi connectivity index (χ1n) is 4.37. The molecule has 3 N–H and O–H groups in total. The Morgan fingerprint density at radius 3 is 3.19 bits per heavy atom. The normalized spacial score (nSPS) is 10.6. The molecule has 2 heterocycles. The first-order valence-corrected chi connectivity index (χ1v) is 5.35. The lowest BCUT2D eigenvalue weighted by Crippen LogP contribution is -2.04. The third kappa shape index (κ3) is 2.06. The molecular formula is C8H9N5O2S. The molecule has 8 heteroatoms. The number of nitrogen functional groups attached to an aromatic ring is 1. The van der Waals surface area contributed by atoms with Gasteiger partial charge in [0, 0.05) is 0 Å². The zero-order valence-electron chi connectivity index (χ0n) is 8.43. The summed E-state index contributed by atoms with van der Waals surface area (Å²) in [5.74, 6) is -0.00399. The van der Waals surface area contributed by atoms with Crippen LogP contribution in [0, 0.1) is 0 Å². The molecule has 0 aliphatic heterocycles. The molecule has 2 rings (SSSR count). The fraction of sp³-hybridized carbons (Fsp3) is 0.250. The minimum atomic E-state index is -0.321. The number of nitrogens with zero attached hydrogens (tertiary/aromatic N) is 3. The molecule has 0 aliphatic carbocycles. The van der Waals surface area contributed by atoms with E-state index < -0.39 is 0 Å². The molecule has 16 heavy (non-hydrogen) atoms. The van der Waals surface area contributed by atoms with Gasteiger partial charge in [0.25, 0.3) is 0 Å². The van der Waals surface area contributed by atoms with Crippen LogP contribution in [0.1, 0.15) is 0 Å². The lowest BCUT2D eigenvalue weighted by atomic mass is 10.4. The van der Waals surface area contributed by atoms with Crippen LogP contribution in [0.5, 0.6) is 0 Å². The summed E-state index contributed by atoms with van der Waals surface area (Å²) in [6.07, 6.45) is 1.59. The van der Waals surface area contributed by atoms with Gasteiger partial charge in [0.2, 0.25) is 5.95 Å². The zero-order chi connectivity index (χ0) is 11.5. The van der Waals surface area contributed by atoms with Crippen LogP contribution in [0.2, 0.25) is 0 Å². The van der Waals surface area contributed by atoms with Crippen molar-refractivity contribution in [1.29, 1.82) is 0 Å². The number of rotatable bonds is 3. The number of hydrogen-bond donors (Lipinski definition) is 2. The van der Waals surface area contributed by atoms with Crippen LogP contribution in [0.25, 0.3) is 11.0 Å². The highest BCUT2D eigenvalue weighted by molar-refractivity contribution is 8.00. The molecule has 2 aromatic rings. The number of aromatic amines is 1. The van der Waals surface area contributed by atoms with Crippen LogP contribution in [-0.2, 0) is 9.53 Å². The summed E-state index contributed by atoms with van der Waals surface area (Å²) in [5, 5.41) is 7.88. The van der Waals surface area contributed by atoms with Gasteiger partial charge in [-0.2, -0.15) is 10.1 Å². The molecule has 0 spiro atoms. The largest absolute Gasteiger partial charge is 0.468 e. The lowest BCUT2D eigenvalue weighted by molar-refractivity contribution is -0.137. The lowest BCUT2D eigenvalue weighted by Gasteiger charge is -2.01. The number of carbonyl (C=O) groups excluding carboxylic acids is 1. The number of H-pyrrole nitrogens is 1. The van der Waals surface area contributed by atoms with Crippen molar-refractivity contribution >= 4 is 34.7 Å². The van der Waals surface area contributed by atoms with Gasteiger partial charge in [0.15, 0.2) is 5.65 Å². The van der Waals surface area contributed by atoms with Gasteiger partial charge in [0.1, 0.15) is 5.03 Å². The van der Waals surface area contributed by atoms with Crippen LogP contribution in [0.4, 0.5) is 5.95 Å². The quantitative estimate of drug-likeness (QED) is 0.447. The van der Waals surface area contributed by atoms with Crippen molar-refractivity contribution < 1.29 is 9.53 Å². The van der Waals surface area contributed by atoms with Gasteiger partial charge in [-0.25, -0.2) is 4.98 Å². The molecule has 0 radical (unpaired) electrons. The van der Waals surface area contributed by atoms with E-state index in [0.29, 0.717) is 10.7 Å². The molecule has 0 saturated carbocycles. The van der Waals surface area contributed by atoms with Crippen molar-refractivity contribution in [1.82, 2.24) is 20.2 Å². The standard InChI is InChI=1S/C8H9N5O2S/c1-15-5(14)3-16-7-4-2-10-13-6(4)11-8(9)12-7/h2H,3H2,1H3,(H3,9,10,11,12,13). The smallest absolute Gasteiger partial charge is 0.316 e. The van der Waals surface area contributed by atoms with Gasteiger partial charge >= 0.3 is 5.97 Å². The van der Waals surface area contributed by atoms with Gasteiger partial charge in [-0.3, -0.25) is 9.89 Å². The maximum absolute atomic E-state index is 11.0. The minimum absolute atomic E-state index is 0.143. The number of thioether (sulfide) groups is 1. The second kappa shape index (κ2) is 4.35. The van der Waals surface area contributed by atoms with E-state index in [1.54, 1.807) is 6.20 Å². The Labute approximate surface area is 94.8 Å². The van der Waals surface area contributed by atoms with Crippen molar-refractivity contribution in [3.8, 4) is 0 Å². The summed E-state index contributed by atoms with van der Waals surface area (Å²) >= 11 is 1.24. The predicted octanol–water partition coefficient (Wildman–Crippen LogP) is 0.200. The van der Waals surface area contributed by atoms with E-state index >= 15 is 0 Å². The summed E-state index contributed by atoms with van der Waals surface area (Å²) in [5.41, 5.74) is 6.08. The average Bonchev–Trinajstić information content (AvgIpc) is 2.73. The van der Waals surface area contributed by atoms with Gasteiger partial charge in [-0.15, -0.1) is 0 Å². The first kappa shape index (κ1) is 10.7. The molecule has 2 aromatic heterocycles. The van der Waals surface area contributed by atoms with E-state index in [2.05, 4.69) is 24.9 Å². The van der Waals surface area contributed by atoms with Crippen molar-refractivity contribution in [2.75, 3.05) is 18.6 Å². The van der Waals surface area contributed by atoms with Crippen LogP contribution in [0.15, 0.2) is 11.2 Å². The maximum atomic E-state index is 11.0. The minimum Gasteiger partial charge on any atom is -0.468 e. The Morgan fingerprint density at radius 1 is 1.62 bits per heavy atom. The van der Waals surface area contributed by atoms with Crippen LogP contribution >= 0.6 is 11.8 Å². The maximum Gasteiger partial charge on any atom is 0.316 e. The van der Waals surface area contributed by atoms with E-state index in [9.17, 15) is 4.79 Å².